The van der Waals surface area contributed by atoms with Crippen molar-refractivity contribution < 1.29 is 14.7 Å². The molecule has 0 aliphatic rings. The Kier molecular flexibility index (Phi) is 4.50. The molecule has 17 heavy (non-hydrogen) atoms. The van der Waals surface area contributed by atoms with Gasteiger partial charge in [-0.1, -0.05) is 0 Å². The number of carboxylic acids is 1. The zero-order valence-electron chi connectivity index (χ0n) is 9.88. The zero-order chi connectivity index (χ0) is 12.8. The van der Waals surface area contributed by atoms with E-state index in [-0.39, 0.29) is 12.5 Å². The number of carboxylic acid groups (broad SMARTS) is 1. The molecule has 0 aromatic carbocycles. The molecule has 1 aromatic heterocycles. The van der Waals surface area contributed by atoms with Crippen LogP contribution in [0, 0.1) is 0 Å². The molecule has 0 saturated heterocycles. The predicted molar refractivity (Wildman–Crippen MR) is 61.7 cm³/mol. The fourth-order valence-electron chi connectivity index (χ4n) is 1.26. The lowest BCUT2D eigenvalue weighted by Crippen LogP contribution is -2.32. The lowest BCUT2D eigenvalue weighted by molar-refractivity contribution is -0.137. The van der Waals surface area contributed by atoms with E-state index in [1.54, 1.807) is 31.0 Å². The number of anilines is 1. The molecule has 1 heterocycles. The average Bonchev–Trinajstić information content (AvgIpc) is 2.63. The van der Waals surface area contributed by atoms with Gasteiger partial charge in [0.05, 0.1) is 0 Å². The Balaban J connectivity index is 2.34. The van der Waals surface area contributed by atoms with Gasteiger partial charge in [0.1, 0.15) is 0 Å². The van der Waals surface area contributed by atoms with Gasteiger partial charge in [-0.15, -0.1) is 0 Å². The summed E-state index contributed by atoms with van der Waals surface area (Å²) in [5.74, 6) is -0.383. The van der Waals surface area contributed by atoms with Crippen LogP contribution in [-0.2, 0) is 11.8 Å². The lowest BCUT2D eigenvalue weighted by atomic mass is 10.3. The topological polar surface area (TPSA) is 87.5 Å². The number of nitrogens with one attached hydrogen (secondary N) is 1. The largest absolute Gasteiger partial charge is 0.481 e. The maximum Gasteiger partial charge on any atom is 0.322 e. The number of rotatable bonds is 5. The fraction of sp³-hybridized carbons (Fsp3) is 0.500. The number of aliphatic carboxylic acids is 1. The van der Waals surface area contributed by atoms with Gasteiger partial charge in [0.2, 0.25) is 0 Å². The Hall–Kier alpha value is -2.05. The average molecular weight is 240 g/mol. The van der Waals surface area contributed by atoms with Crippen molar-refractivity contribution in [3.05, 3.63) is 12.3 Å². The third-order valence-electron chi connectivity index (χ3n) is 2.18. The van der Waals surface area contributed by atoms with Gasteiger partial charge < -0.3 is 10.0 Å². The summed E-state index contributed by atoms with van der Waals surface area (Å²) in [5, 5.41) is 15.1. The summed E-state index contributed by atoms with van der Waals surface area (Å²) in [5.41, 5.74) is 0. The second kappa shape index (κ2) is 5.88. The fourth-order valence-corrected chi connectivity index (χ4v) is 1.26. The quantitative estimate of drug-likeness (QED) is 0.795. The normalized spacial score (nSPS) is 10.0. The standard InChI is InChI=1S/C10H16N4O3/c1-13(6-3-4-9(15)16)10(17)11-8-5-7-14(2)12-8/h5,7H,3-4,6H2,1-2H3,(H,15,16)(H,11,12,17). The monoisotopic (exact) mass is 240 g/mol. The molecule has 0 aliphatic heterocycles. The van der Waals surface area contributed by atoms with E-state index in [2.05, 4.69) is 10.4 Å². The van der Waals surface area contributed by atoms with Crippen molar-refractivity contribution in [1.29, 1.82) is 0 Å². The van der Waals surface area contributed by atoms with Gasteiger partial charge in [0, 0.05) is 39.3 Å². The molecule has 94 valence electrons. The number of nitrogens with zero attached hydrogens (tertiary/aromatic N) is 3. The highest BCUT2D eigenvalue weighted by atomic mass is 16.4. The number of urea groups is 1. The molecule has 0 unspecified atom stereocenters. The molecule has 2 amide bonds. The molecule has 0 bridgehead atoms. The molecule has 0 spiro atoms. The van der Waals surface area contributed by atoms with E-state index in [4.69, 9.17) is 5.11 Å². The molecule has 7 nitrogen and oxygen atoms in total. The maximum absolute atomic E-state index is 11.6. The van der Waals surface area contributed by atoms with Crippen LogP contribution in [0.1, 0.15) is 12.8 Å². The van der Waals surface area contributed by atoms with Crippen LogP contribution in [-0.4, -0.2) is 45.4 Å². The highest BCUT2D eigenvalue weighted by molar-refractivity contribution is 5.88. The van der Waals surface area contributed by atoms with Crippen LogP contribution >= 0.6 is 0 Å². The summed E-state index contributed by atoms with van der Waals surface area (Å²) in [6.07, 6.45) is 2.21. The Morgan fingerprint density at radius 2 is 2.29 bits per heavy atom. The molecule has 2 N–H and O–H groups in total. The molecule has 0 aliphatic carbocycles. The first-order valence-electron chi connectivity index (χ1n) is 5.22. The summed E-state index contributed by atoms with van der Waals surface area (Å²) in [4.78, 5) is 23.4. The van der Waals surface area contributed by atoms with Gasteiger partial charge in [-0.05, 0) is 6.42 Å². The van der Waals surface area contributed by atoms with E-state index >= 15 is 0 Å². The number of aryl methyl sites for hydroxylation is 1. The van der Waals surface area contributed by atoms with Gasteiger partial charge in [0.15, 0.2) is 5.82 Å². The summed E-state index contributed by atoms with van der Waals surface area (Å²) < 4.78 is 1.58. The lowest BCUT2D eigenvalue weighted by Gasteiger charge is -2.16. The first kappa shape index (κ1) is 13.0. The Bertz CT molecular complexity index is 402. The first-order chi connectivity index (χ1) is 7.99. The first-order valence-corrected chi connectivity index (χ1v) is 5.22. The van der Waals surface area contributed by atoms with Crippen LogP contribution in [0.2, 0.25) is 0 Å². The molecule has 0 saturated carbocycles. The van der Waals surface area contributed by atoms with Crippen molar-refractivity contribution in [3.8, 4) is 0 Å². The van der Waals surface area contributed by atoms with Gasteiger partial charge in [0.25, 0.3) is 0 Å². The van der Waals surface area contributed by atoms with E-state index in [0.717, 1.165) is 0 Å². The van der Waals surface area contributed by atoms with Crippen molar-refractivity contribution >= 4 is 17.8 Å². The SMILES string of the molecule is CN(CCCC(=O)O)C(=O)Nc1ccn(C)n1. The van der Waals surface area contributed by atoms with Crippen LogP contribution in [0.5, 0.6) is 0 Å². The van der Waals surface area contributed by atoms with Gasteiger partial charge in [-0.3, -0.25) is 14.8 Å². The zero-order valence-corrected chi connectivity index (χ0v) is 9.88. The smallest absolute Gasteiger partial charge is 0.322 e. The number of amides is 2. The Labute approximate surface area is 99.0 Å². The van der Waals surface area contributed by atoms with E-state index in [1.165, 1.54) is 4.90 Å². The molecule has 0 atom stereocenters. The highest BCUT2D eigenvalue weighted by Crippen LogP contribution is 2.03. The van der Waals surface area contributed by atoms with Crippen molar-refractivity contribution in [3.63, 3.8) is 0 Å². The minimum atomic E-state index is -0.858. The maximum atomic E-state index is 11.6. The van der Waals surface area contributed by atoms with E-state index in [9.17, 15) is 9.59 Å². The summed E-state index contributed by atoms with van der Waals surface area (Å²) in [6, 6.07) is 1.39. The summed E-state index contributed by atoms with van der Waals surface area (Å²) >= 11 is 0. The molecular formula is C10H16N4O3. The predicted octanol–water partition coefficient (Wildman–Crippen LogP) is 0.749. The highest BCUT2D eigenvalue weighted by Gasteiger charge is 2.10. The van der Waals surface area contributed by atoms with Crippen LogP contribution in [0.4, 0.5) is 10.6 Å². The van der Waals surface area contributed by atoms with Crippen LogP contribution in [0.3, 0.4) is 0 Å². The van der Waals surface area contributed by atoms with E-state index in [1.807, 2.05) is 0 Å². The van der Waals surface area contributed by atoms with E-state index < -0.39 is 5.97 Å². The second-order valence-electron chi connectivity index (χ2n) is 3.72. The molecule has 7 heteroatoms. The molecule has 1 aromatic rings. The molecule has 0 fully saturated rings. The third kappa shape index (κ3) is 4.54. The number of carbonyl (C=O) groups is 2. The molecule has 0 radical (unpaired) electrons. The number of hydrogen-bond acceptors (Lipinski definition) is 3. The Morgan fingerprint density at radius 1 is 1.59 bits per heavy atom. The van der Waals surface area contributed by atoms with Gasteiger partial charge in [-0.25, -0.2) is 4.79 Å². The van der Waals surface area contributed by atoms with E-state index in [0.29, 0.717) is 18.8 Å². The van der Waals surface area contributed by atoms with Gasteiger partial charge >= 0.3 is 12.0 Å². The minimum absolute atomic E-state index is 0.0568. The van der Waals surface area contributed by atoms with Crippen molar-refractivity contribution in [2.24, 2.45) is 7.05 Å². The number of aromatic nitrogens is 2. The number of hydrogen-bond donors (Lipinski definition) is 2. The Morgan fingerprint density at radius 3 is 2.82 bits per heavy atom. The van der Waals surface area contributed by atoms with Crippen molar-refractivity contribution in [2.45, 2.75) is 12.8 Å². The van der Waals surface area contributed by atoms with Crippen molar-refractivity contribution in [2.75, 3.05) is 18.9 Å². The second-order valence-corrected chi connectivity index (χ2v) is 3.72. The van der Waals surface area contributed by atoms with Crippen LogP contribution < -0.4 is 5.32 Å². The van der Waals surface area contributed by atoms with Crippen LogP contribution in [0.15, 0.2) is 12.3 Å². The summed E-state index contributed by atoms with van der Waals surface area (Å²) in [6.45, 7) is 0.394. The van der Waals surface area contributed by atoms with Gasteiger partial charge in [-0.2, -0.15) is 5.10 Å². The molecular weight excluding hydrogens is 224 g/mol. The number of carbonyl (C=O) groups excluding carboxylic acids is 1. The third-order valence-corrected chi connectivity index (χ3v) is 2.18. The minimum Gasteiger partial charge on any atom is -0.481 e. The van der Waals surface area contributed by atoms with Crippen molar-refractivity contribution in [1.82, 2.24) is 14.7 Å². The molecule has 1 rings (SSSR count). The summed E-state index contributed by atoms with van der Waals surface area (Å²) in [7, 11) is 3.37. The van der Waals surface area contributed by atoms with Crippen LogP contribution in [0.25, 0.3) is 0 Å².